The lowest BCUT2D eigenvalue weighted by molar-refractivity contribution is 0.309. The lowest BCUT2D eigenvalue weighted by Crippen LogP contribution is -2.08. The molecule has 0 radical (unpaired) electrons. The number of nitrogens with zero attached hydrogens (tertiary/aromatic N) is 3. The predicted octanol–water partition coefficient (Wildman–Crippen LogP) is 11.8. The summed E-state index contributed by atoms with van der Waals surface area (Å²) in [4.78, 5) is 14.8. The van der Waals surface area contributed by atoms with E-state index in [1.807, 2.05) is 146 Å². The Morgan fingerprint density at radius 1 is 0.368 bits per heavy atom. The molecule has 6 heteroatoms. The van der Waals surface area contributed by atoms with E-state index in [1.165, 1.54) is 0 Å². The first kappa shape index (κ1) is 38.2. The van der Waals surface area contributed by atoms with Gasteiger partial charge in [-0.05, 0) is 91.3 Å². The molecule has 0 atom stereocenters. The smallest absolute Gasteiger partial charge is 0.179 e. The largest absolute Gasteiger partial charge is 0.494 e. The van der Waals surface area contributed by atoms with E-state index in [2.05, 4.69) is 55.5 Å². The molecular weight excluding hydrogens is 703 g/mol. The average Bonchev–Trinajstić information content (AvgIpc) is 3.28. The molecule has 7 rings (SSSR count). The molecule has 0 amide bonds. The number of hydrogen-bond donors (Lipinski definition) is 0. The van der Waals surface area contributed by atoms with Gasteiger partial charge in [-0.2, -0.15) is 0 Å². The Kier molecular flexibility index (Phi) is 13.4. The van der Waals surface area contributed by atoms with Gasteiger partial charge < -0.3 is 14.2 Å². The van der Waals surface area contributed by atoms with E-state index in [0.717, 1.165) is 80.5 Å². The molecule has 57 heavy (non-hydrogen) atoms. The van der Waals surface area contributed by atoms with Crippen LogP contribution in [0.4, 0.5) is 5.69 Å². The molecule has 0 fully saturated rings. The van der Waals surface area contributed by atoms with Gasteiger partial charge in [0.15, 0.2) is 13.5 Å². The van der Waals surface area contributed by atoms with Crippen LogP contribution in [0.5, 0.6) is 17.2 Å². The summed E-state index contributed by atoms with van der Waals surface area (Å²) in [5.41, 5.74) is 9.48. The van der Waals surface area contributed by atoms with Crippen molar-refractivity contribution in [1.29, 1.82) is 0 Å². The molecule has 0 saturated carbocycles. The molecule has 6 nitrogen and oxygen atoms in total. The number of hydrogen-bond acceptors (Lipinski definition) is 6. The molecule has 282 valence electrons. The van der Waals surface area contributed by atoms with Crippen molar-refractivity contribution in [1.82, 2.24) is 0 Å². The van der Waals surface area contributed by atoms with Crippen LogP contribution < -0.4 is 14.2 Å². The highest BCUT2D eigenvalue weighted by atomic mass is 16.5. The van der Waals surface area contributed by atoms with Crippen molar-refractivity contribution in [3.8, 4) is 17.2 Å². The third-order valence-electron chi connectivity index (χ3n) is 9.20. The predicted molar refractivity (Wildman–Crippen MR) is 233 cm³/mol. The second-order valence-electron chi connectivity index (χ2n) is 13.2. The van der Waals surface area contributed by atoms with Gasteiger partial charge in [0, 0.05) is 33.4 Å². The summed E-state index contributed by atoms with van der Waals surface area (Å²) in [5, 5.41) is 0. The van der Waals surface area contributed by atoms with E-state index in [1.54, 1.807) is 0 Å². The molecule has 0 aliphatic rings. The second kappa shape index (κ2) is 20.0. The maximum Gasteiger partial charge on any atom is 0.179 e. The van der Waals surface area contributed by atoms with Crippen LogP contribution in [-0.2, 0) is 0 Å². The molecular formula is C51H45N3O3. The zero-order valence-corrected chi connectivity index (χ0v) is 32.1. The molecule has 0 aliphatic heterocycles. The van der Waals surface area contributed by atoms with E-state index < -0.39 is 0 Å². The Labute approximate surface area is 335 Å². The summed E-state index contributed by atoms with van der Waals surface area (Å²) in [6, 6.07) is 64.6. The number of rotatable bonds is 17. The van der Waals surface area contributed by atoms with Gasteiger partial charge in [-0.25, -0.2) is 15.0 Å². The fraction of sp³-hybridized carbons (Fsp3) is 0.118. The lowest BCUT2D eigenvalue weighted by Gasteiger charge is -2.12. The standard InChI is InChI=1S/C51H45N3O3/c1-2-3-36-55-46-30-24-42(25-31-46)49(39-16-8-4-9-17-39)52-37-56-47-32-26-43(27-33-47)50(40-18-10-5-11-19-40)53-38-57-48-34-28-44(29-35-48)51(41-20-12-6-13-21-41)54-45-22-14-7-15-23-45/h4-35H,2-3,36-38H2,1H3. The number of para-hydroxylation sites is 1. The van der Waals surface area contributed by atoms with E-state index >= 15 is 0 Å². The van der Waals surface area contributed by atoms with E-state index in [9.17, 15) is 0 Å². The van der Waals surface area contributed by atoms with Gasteiger partial charge in [0.25, 0.3) is 0 Å². The first-order valence-electron chi connectivity index (χ1n) is 19.3. The quantitative estimate of drug-likeness (QED) is 0.0688. The third kappa shape index (κ3) is 10.8. The Morgan fingerprint density at radius 3 is 1.11 bits per heavy atom. The van der Waals surface area contributed by atoms with Gasteiger partial charge >= 0.3 is 0 Å². The molecule has 0 spiro atoms. The molecule has 0 aliphatic carbocycles. The minimum absolute atomic E-state index is 0.147. The van der Waals surface area contributed by atoms with Gasteiger partial charge in [0.2, 0.25) is 0 Å². The zero-order chi connectivity index (χ0) is 38.9. The Balaban J connectivity index is 1.04. The lowest BCUT2D eigenvalue weighted by atomic mass is 10.0. The summed E-state index contributed by atoms with van der Waals surface area (Å²) in [6.45, 7) is 3.18. The Hall–Kier alpha value is -7.05. The minimum Gasteiger partial charge on any atom is -0.494 e. The SMILES string of the molecule is CCCCOc1ccc(C(=NCOc2ccc(C(=NCOc3ccc(C(=Nc4ccccc4)c4ccccc4)cc3)c3ccccc3)cc2)c2ccccc2)cc1. The first-order chi connectivity index (χ1) is 28.2. The van der Waals surface area contributed by atoms with Crippen LogP contribution in [0.3, 0.4) is 0 Å². The van der Waals surface area contributed by atoms with Crippen LogP contribution in [0.2, 0.25) is 0 Å². The van der Waals surface area contributed by atoms with Crippen molar-refractivity contribution in [3.63, 3.8) is 0 Å². The van der Waals surface area contributed by atoms with Crippen molar-refractivity contribution in [3.05, 3.63) is 228 Å². The van der Waals surface area contributed by atoms with E-state index in [0.29, 0.717) is 12.4 Å². The zero-order valence-electron chi connectivity index (χ0n) is 32.1. The highest BCUT2D eigenvalue weighted by molar-refractivity contribution is 6.14. The molecule has 0 heterocycles. The van der Waals surface area contributed by atoms with Crippen molar-refractivity contribution < 1.29 is 14.2 Å². The monoisotopic (exact) mass is 747 g/mol. The average molecular weight is 748 g/mol. The van der Waals surface area contributed by atoms with Gasteiger partial charge in [-0.3, -0.25) is 0 Å². The fourth-order valence-electron chi connectivity index (χ4n) is 6.22. The topological polar surface area (TPSA) is 64.8 Å². The first-order valence-corrected chi connectivity index (χ1v) is 19.3. The van der Waals surface area contributed by atoms with Gasteiger partial charge in [0.1, 0.15) is 17.2 Å². The summed E-state index contributed by atoms with van der Waals surface area (Å²) in [5.74, 6) is 2.29. The third-order valence-corrected chi connectivity index (χ3v) is 9.20. The second-order valence-corrected chi connectivity index (χ2v) is 13.2. The van der Waals surface area contributed by atoms with Crippen molar-refractivity contribution in [2.75, 3.05) is 20.1 Å². The molecule has 0 saturated heterocycles. The van der Waals surface area contributed by atoms with Crippen LogP contribution in [-0.4, -0.2) is 37.2 Å². The molecule has 0 aromatic heterocycles. The Bertz CT molecular complexity index is 2360. The van der Waals surface area contributed by atoms with Crippen LogP contribution in [0, 0.1) is 0 Å². The molecule has 0 unspecified atom stereocenters. The van der Waals surface area contributed by atoms with Crippen LogP contribution in [0.1, 0.15) is 53.1 Å². The van der Waals surface area contributed by atoms with Gasteiger partial charge in [-0.15, -0.1) is 0 Å². The van der Waals surface area contributed by atoms with Crippen molar-refractivity contribution in [2.45, 2.75) is 19.8 Å². The maximum absolute atomic E-state index is 6.17. The molecule has 7 aromatic carbocycles. The van der Waals surface area contributed by atoms with Crippen LogP contribution >= 0.6 is 0 Å². The van der Waals surface area contributed by atoms with Crippen LogP contribution in [0.25, 0.3) is 0 Å². The molecule has 7 aromatic rings. The number of benzene rings is 7. The highest BCUT2D eigenvalue weighted by Gasteiger charge is 2.11. The molecule has 0 bridgehead atoms. The maximum atomic E-state index is 6.17. The Morgan fingerprint density at radius 2 is 0.702 bits per heavy atom. The summed E-state index contributed by atoms with van der Waals surface area (Å²) >= 11 is 0. The number of unbranched alkanes of at least 4 members (excludes halogenated alkanes) is 1. The van der Waals surface area contributed by atoms with Gasteiger partial charge in [-0.1, -0.05) is 123 Å². The van der Waals surface area contributed by atoms with Gasteiger partial charge in [0.05, 0.1) is 29.4 Å². The highest BCUT2D eigenvalue weighted by Crippen LogP contribution is 2.22. The minimum atomic E-state index is 0.147. The van der Waals surface area contributed by atoms with E-state index in [-0.39, 0.29) is 13.5 Å². The van der Waals surface area contributed by atoms with Crippen molar-refractivity contribution >= 4 is 22.8 Å². The number of aliphatic imine (C=N–C) groups is 3. The fourth-order valence-corrected chi connectivity index (χ4v) is 6.22. The number of ether oxygens (including phenoxy) is 3. The van der Waals surface area contributed by atoms with Crippen molar-refractivity contribution in [2.24, 2.45) is 15.0 Å². The summed E-state index contributed by atoms with van der Waals surface area (Å²) in [7, 11) is 0. The van der Waals surface area contributed by atoms with E-state index in [4.69, 9.17) is 29.2 Å². The molecule has 0 N–H and O–H groups in total. The summed E-state index contributed by atoms with van der Waals surface area (Å²) < 4.78 is 18.2. The van der Waals surface area contributed by atoms with Crippen LogP contribution in [0.15, 0.2) is 209 Å². The normalized spacial score (nSPS) is 11.9. The summed E-state index contributed by atoms with van der Waals surface area (Å²) in [6.07, 6.45) is 2.13.